The van der Waals surface area contributed by atoms with Gasteiger partial charge in [0.1, 0.15) is 10.6 Å². The third kappa shape index (κ3) is 4.61. The summed E-state index contributed by atoms with van der Waals surface area (Å²) in [5, 5.41) is 8.74. The molecule has 0 radical (unpaired) electrons. The van der Waals surface area contributed by atoms with Crippen LogP contribution >= 0.6 is 0 Å². The Balaban J connectivity index is 1.86. The van der Waals surface area contributed by atoms with Gasteiger partial charge in [0.2, 0.25) is 10.0 Å². The number of morpholine rings is 1. The number of aromatic nitrogens is 3. The van der Waals surface area contributed by atoms with Gasteiger partial charge < -0.3 is 19.9 Å². The van der Waals surface area contributed by atoms with Crippen LogP contribution in [0.1, 0.15) is 38.4 Å². The molecule has 1 aliphatic rings. The van der Waals surface area contributed by atoms with Gasteiger partial charge in [-0.3, -0.25) is 0 Å². The first-order chi connectivity index (χ1) is 15.6. The van der Waals surface area contributed by atoms with Gasteiger partial charge in [-0.25, -0.2) is 23.5 Å². The van der Waals surface area contributed by atoms with Crippen molar-refractivity contribution in [2.45, 2.75) is 44.5 Å². The van der Waals surface area contributed by atoms with Crippen LogP contribution in [0.5, 0.6) is 0 Å². The Kier molecular flexibility index (Phi) is 6.45. The van der Waals surface area contributed by atoms with Gasteiger partial charge in [-0.05, 0) is 63.2 Å². The van der Waals surface area contributed by atoms with Crippen LogP contribution in [0.25, 0.3) is 22.4 Å². The van der Waals surface area contributed by atoms with Gasteiger partial charge in [-0.1, -0.05) is 6.92 Å². The number of nitrogens with zero attached hydrogens (tertiary/aromatic N) is 3. The first kappa shape index (κ1) is 23.6. The summed E-state index contributed by atoms with van der Waals surface area (Å²) in [4.78, 5) is 15.3. The molecule has 1 atom stereocenters. The van der Waals surface area contributed by atoms with E-state index >= 15 is 0 Å². The largest absolute Gasteiger partial charge is 0.377 e. The van der Waals surface area contributed by atoms with E-state index in [1.165, 1.54) is 0 Å². The first-order valence-electron chi connectivity index (χ1n) is 11.2. The fourth-order valence-corrected chi connectivity index (χ4v) is 4.54. The molecule has 0 aliphatic carbocycles. The Hall–Kier alpha value is -2.53. The fourth-order valence-electron chi connectivity index (χ4n) is 4.09. The van der Waals surface area contributed by atoms with Crippen LogP contribution in [0.2, 0.25) is 0 Å². The van der Waals surface area contributed by atoms with E-state index in [1.807, 2.05) is 31.3 Å². The summed E-state index contributed by atoms with van der Waals surface area (Å²) in [6, 6.07) is 9.66. The normalized spacial score (nSPS) is 17.6. The highest BCUT2D eigenvalue weighted by molar-refractivity contribution is 7.90. The highest BCUT2D eigenvalue weighted by atomic mass is 32.2. The number of hydrogen-bond donors (Lipinski definition) is 3. The van der Waals surface area contributed by atoms with E-state index in [9.17, 15) is 8.42 Å². The minimum absolute atomic E-state index is 0.163. The second-order valence-corrected chi connectivity index (χ2v) is 11.0. The van der Waals surface area contributed by atoms with Crippen LogP contribution in [0.4, 0.5) is 5.82 Å². The Labute approximate surface area is 194 Å². The predicted octanol–water partition coefficient (Wildman–Crippen LogP) is 2.48. The standard InChI is InChI=1S/C23H32N6O3S/c1-5-17-14-32-9-8-29(17)22-11-15(23(2,3)33(24,30)31)10-20(28-22)19-7-6-18-21(27-19)12-16(26-18)13-25-4/h6-7,10-12,17,25-26H,5,8-9,13-14H2,1-4H3,(H2,24,30,31)/t17-/m0/s1. The fraction of sp³-hybridized carbons (Fsp3) is 0.478. The van der Waals surface area contributed by atoms with Gasteiger partial charge in [0.15, 0.2) is 0 Å². The zero-order chi connectivity index (χ0) is 23.8. The van der Waals surface area contributed by atoms with Crippen molar-refractivity contribution >= 4 is 26.9 Å². The quantitative estimate of drug-likeness (QED) is 0.482. The molecule has 4 rings (SSSR count). The molecule has 1 saturated heterocycles. The first-order valence-corrected chi connectivity index (χ1v) is 12.7. The van der Waals surface area contributed by atoms with Crippen LogP contribution < -0.4 is 15.4 Å². The number of rotatable bonds is 7. The molecule has 0 spiro atoms. The summed E-state index contributed by atoms with van der Waals surface area (Å²) in [6.45, 7) is 7.94. The van der Waals surface area contributed by atoms with Gasteiger partial charge in [0.05, 0.1) is 41.7 Å². The summed E-state index contributed by atoms with van der Waals surface area (Å²) in [7, 11) is -1.97. The average molecular weight is 473 g/mol. The number of nitrogens with two attached hydrogens (primary N) is 1. The molecule has 4 heterocycles. The molecule has 33 heavy (non-hydrogen) atoms. The molecule has 0 aromatic carbocycles. The molecular weight excluding hydrogens is 440 g/mol. The second-order valence-electron chi connectivity index (χ2n) is 8.94. The van der Waals surface area contributed by atoms with Crippen molar-refractivity contribution in [3.63, 3.8) is 0 Å². The van der Waals surface area contributed by atoms with Crippen molar-refractivity contribution in [2.75, 3.05) is 31.7 Å². The smallest absolute Gasteiger partial charge is 0.218 e. The minimum atomic E-state index is -3.86. The van der Waals surface area contributed by atoms with Gasteiger partial charge in [0, 0.05) is 18.8 Å². The number of aromatic amines is 1. The summed E-state index contributed by atoms with van der Waals surface area (Å²) in [6.07, 6.45) is 0.890. The van der Waals surface area contributed by atoms with Crippen molar-refractivity contribution in [1.29, 1.82) is 0 Å². The lowest BCUT2D eigenvalue weighted by Crippen LogP contribution is -2.46. The molecule has 0 saturated carbocycles. The summed E-state index contributed by atoms with van der Waals surface area (Å²) < 4.78 is 29.3. The van der Waals surface area contributed by atoms with Crippen LogP contribution in [-0.2, 0) is 26.1 Å². The molecule has 1 fully saturated rings. The van der Waals surface area contributed by atoms with Crippen LogP contribution in [0.15, 0.2) is 30.3 Å². The number of hydrogen-bond acceptors (Lipinski definition) is 7. The number of primary sulfonamides is 1. The van der Waals surface area contributed by atoms with E-state index in [0.717, 1.165) is 23.1 Å². The van der Waals surface area contributed by atoms with Crippen molar-refractivity contribution < 1.29 is 13.2 Å². The predicted molar refractivity (Wildman–Crippen MR) is 130 cm³/mol. The molecule has 0 bridgehead atoms. The number of nitrogens with one attached hydrogen (secondary N) is 2. The van der Waals surface area contributed by atoms with Crippen LogP contribution in [0, 0.1) is 0 Å². The molecule has 4 N–H and O–H groups in total. The van der Waals surface area contributed by atoms with Crippen molar-refractivity contribution in [3.8, 4) is 11.4 Å². The third-order valence-corrected chi connectivity index (χ3v) is 8.03. The van der Waals surface area contributed by atoms with Gasteiger partial charge >= 0.3 is 0 Å². The maximum Gasteiger partial charge on any atom is 0.218 e. The number of sulfonamides is 1. The lowest BCUT2D eigenvalue weighted by molar-refractivity contribution is 0.0925. The lowest BCUT2D eigenvalue weighted by atomic mass is 10.0. The van der Waals surface area contributed by atoms with Gasteiger partial charge in [-0.15, -0.1) is 0 Å². The van der Waals surface area contributed by atoms with Crippen molar-refractivity contribution in [1.82, 2.24) is 20.3 Å². The maximum atomic E-state index is 12.4. The van der Waals surface area contributed by atoms with E-state index in [2.05, 4.69) is 22.1 Å². The molecule has 0 unspecified atom stereocenters. The Morgan fingerprint density at radius 1 is 1.24 bits per heavy atom. The Bertz CT molecular complexity index is 1250. The molecular formula is C23H32N6O3S. The third-order valence-electron chi connectivity index (χ3n) is 6.37. The highest BCUT2D eigenvalue weighted by Gasteiger charge is 2.35. The molecule has 1 aliphatic heterocycles. The van der Waals surface area contributed by atoms with E-state index in [0.29, 0.717) is 49.1 Å². The SMILES string of the molecule is CC[C@H]1COCCN1c1cc(C(C)(C)S(N)(=O)=O)cc(-c2ccc3[nH]c(CNC)cc3n2)n1. The van der Waals surface area contributed by atoms with Crippen LogP contribution in [0.3, 0.4) is 0 Å². The monoisotopic (exact) mass is 472 g/mol. The molecule has 3 aromatic rings. The number of anilines is 1. The molecule has 3 aromatic heterocycles. The average Bonchev–Trinajstić information content (AvgIpc) is 3.20. The van der Waals surface area contributed by atoms with E-state index in [4.69, 9.17) is 19.8 Å². The van der Waals surface area contributed by atoms with Gasteiger partial charge in [-0.2, -0.15) is 0 Å². The summed E-state index contributed by atoms with van der Waals surface area (Å²) in [5.41, 5.74) is 4.66. The molecule has 10 heteroatoms. The Morgan fingerprint density at radius 2 is 2.03 bits per heavy atom. The number of ether oxygens (including phenoxy) is 1. The van der Waals surface area contributed by atoms with E-state index < -0.39 is 14.8 Å². The summed E-state index contributed by atoms with van der Waals surface area (Å²) in [5.74, 6) is 0.709. The second kappa shape index (κ2) is 9.02. The topological polar surface area (TPSA) is 126 Å². The highest BCUT2D eigenvalue weighted by Crippen LogP contribution is 2.34. The van der Waals surface area contributed by atoms with Gasteiger partial charge in [0.25, 0.3) is 0 Å². The zero-order valence-corrected chi connectivity index (χ0v) is 20.4. The van der Waals surface area contributed by atoms with E-state index in [1.54, 1.807) is 19.9 Å². The van der Waals surface area contributed by atoms with Crippen LogP contribution in [-0.4, -0.2) is 56.2 Å². The Morgan fingerprint density at radius 3 is 2.73 bits per heavy atom. The van der Waals surface area contributed by atoms with Crippen molar-refractivity contribution in [2.24, 2.45) is 5.14 Å². The van der Waals surface area contributed by atoms with E-state index in [-0.39, 0.29) is 6.04 Å². The molecule has 9 nitrogen and oxygen atoms in total. The number of H-pyrrole nitrogens is 1. The lowest BCUT2D eigenvalue weighted by Gasteiger charge is -2.37. The number of pyridine rings is 2. The minimum Gasteiger partial charge on any atom is -0.377 e. The zero-order valence-electron chi connectivity index (χ0n) is 19.6. The maximum absolute atomic E-state index is 12.4. The number of fused-ring (bicyclic) bond motifs is 1. The molecule has 0 amide bonds. The summed E-state index contributed by atoms with van der Waals surface area (Å²) >= 11 is 0. The van der Waals surface area contributed by atoms with Crippen molar-refractivity contribution in [3.05, 3.63) is 41.6 Å². The molecule has 178 valence electrons.